The summed E-state index contributed by atoms with van der Waals surface area (Å²) in [6, 6.07) is 5.92. The van der Waals surface area contributed by atoms with Crippen molar-refractivity contribution >= 4 is 17.5 Å². The summed E-state index contributed by atoms with van der Waals surface area (Å²) in [6.45, 7) is 3.76. The Labute approximate surface area is 179 Å². The van der Waals surface area contributed by atoms with E-state index in [4.69, 9.17) is 16.7 Å². The second kappa shape index (κ2) is 8.95. The lowest BCUT2D eigenvalue weighted by Gasteiger charge is -2.56. The third-order valence-corrected chi connectivity index (χ3v) is 7.80. The highest BCUT2D eigenvalue weighted by molar-refractivity contribution is 6.33. The fraction of sp³-hybridized carbons (Fsp3) is 0.708. The molecule has 4 fully saturated rings. The number of aliphatic hydroxyl groups excluding tert-OH is 1. The lowest BCUT2D eigenvalue weighted by molar-refractivity contribution is -0.0503. The summed E-state index contributed by atoms with van der Waals surface area (Å²) in [6.07, 6.45) is 10.0. The van der Waals surface area contributed by atoms with Crippen LogP contribution in [0.2, 0.25) is 5.02 Å². The minimum atomic E-state index is -0.0281. The van der Waals surface area contributed by atoms with Crippen LogP contribution in [-0.4, -0.2) is 36.8 Å². The van der Waals surface area contributed by atoms with Crippen LogP contribution in [0.15, 0.2) is 18.2 Å². The van der Waals surface area contributed by atoms with Gasteiger partial charge in [0, 0.05) is 12.6 Å². The van der Waals surface area contributed by atoms with Crippen LogP contribution in [0.1, 0.15) is 67.8 Å². The average molecular weight is 419 g/mol. The van der Waals surface area contributed by atoms with Crippen LogP contribution in [-0.2, 0) is 6.42 Å². The Morgan fingerprint density at radius 2 is 1.86 bits per heavy atom. The molecule has 1 aromatic rings. The summed E-state index contributed by atoms with van der Waals surface area (Å²) in [5, 5.41) is 16.1. The first-order valence-corrected chi connectivity index (χ1v) is 11.7. The highest BCUT2D eigenvalue weighted by Gasteiger charge is 2.50. The van der Waals surface area contributed by atoms with Crippen molar-refractivity contribution in [1.82, 2.24) is 10.6 Å². The van der Waals surface area contributed by atoms with Crippen molar-refractivity contribution in [3.05, 3.63) is 34.3 Å². The number of hydrogen-bond donors (Lipinski definition) is 3. The first-order valence-electron chi connectivity index (χ1n) is 11.4. The van der Waals surface area contributed by atoms with Crippen molar-refractivity contribution in [3.8, 4) is 0 Å². The van der Waals surface area contributed by atoms with Gasteiger partial charge in [-0.3, -0.25) is 4.79 Å². The van der Waals surface area contributed by atoms with Gasteiger partial charge in [-0.1, -0.05) is 17.7 Å². The van der Waals surface area contributed by atoms with E-state index in [2.05, 4.69) is 10.6 Å². The fourth-order valence-electron chi connectivity index (χ4n) is 6.48. The van der Waals surface area contributed by atoms with Gasteiger partial charge >= 0.3 is 0 Å². The van der Waals surface area contributed by atoms with Gasteiger partial charge in [-0.15, -0.1) is 0 Å². The van der Waals surface area contributed by atoms with Gasteiger partial charge in [0.1, 0.15) is 0 Å². The Morgan fingerprint density at radius 1 is 1.21 bits per heavy atom. The van der Waals surface area contributed by atoms with Gasteiger partial charge in [-0.05, 0) is 106 Å². The zero-order valence-electron chi connectivity index (χ0n) is 17.6. The van der Waals surface area contributed by atoms with Crippen molar-refractivity contribution < 1.29 is 9.90 Å². The van der Waals surface area contributed by atoms with Gasteiger partial charge in [0.25, 0.3) is 5.91 Å². The van der Waals surface area contributed by atoms with E-state index < -0.39 is 0 Å². The Kier molecular flexibility index (Phi) is 6.53. The van der Waals surface area contributed by atoms with Crippen LogP contribution in [0.5, 0.6) is 0 Å². The SMILES string of the molecule is C[C@H](CO)NCCCc1ccc(Cl)c(C(=O)NCC23CC4CC(CC(C4)C2)C3)c1. The molecule has 0 radical (unpaired) electrons. The van der Waals surface area contributed by atoms with E-state index in [1.54, 1.807) is 0 Å². The Balaban J connectivity index is 1.32. The third-order valence-electron chi connectivity index (χ3n) is 7.47. The van der Waals surface area contributed by atoms with Crippen LogP contribution >= 0.6 is 11.6 Å². The minimum Gasteiger partial charge on any atom is -0.395 e. The predicted octanol–water partition coefficient (Wildman–Crippen LogP) is 4.19. The van der Waals surface area contributed by atoms with Gasteiger partial charge in [-0.2, -0.15) is 0 Å². The molecule has 1 amide bonds. The summed E-state index contributed by atoms with van der Waals surface area (Å²) in [4.78, 5) is 12.9. The van der Waals surface area contributed by atoms with Gasteiger partial charge in [0.2, 0.25) is 0 Å². The number of carbonyl (C=O) groups excluding carboxylic acids is 1. The molecule has 160 valence electrons. The molecule has 0 heterocycles. The highest BCUT2D eigenvalue weighted by Crippen LogP contribution is 2.59. The summed E-state index contributed by atoms with van der Waals surface area (Å²) < 4.78 is 0. The summed E-state index contributed by atoms with van der Waals surface area (Å²) >= 11 is 6.37. The van der Waals surface area contributed by atoms with Crippen molar-refractivity contribution in [1.29, 1.82) is 0 Å². The van der Waals surface area contributed by atoms with Crippen LogP contribution in [0, 0.1) is 23.2 Å². The van der Waals surface area contributed by atoms with Crippen LogP contribution in [0.25, 0.3) is 0 Å². The lowest BCUT2D eigenvalue weighted by Crippen LogP contribution is -2.51. The molecule has 0 aromatic heterocycles. The third kappa shape index (κ3) is 4.98. The van der Waals surface area contributed by atoms with Crippen molar-refractivity contribution in [2.24, 2.45) is 23.2 Å². The van der Waals surface area contributed by atoms with Crippen molar-refractivity contribution in [2.45, 2.75) is 64.3 Å². The summed E-state index contributed by atoms with van der Waals surface area (Å²) in [5.41, 5.74) is 2.07. The number of hydrogen-bond acceptors (Lipinski definition) is 3. The number of halogens is 1. The van der Waals surface area contributed by atoms with Gasteiger partial charge in [0.05, 0.1) is 17.2 Å². The van der Waals surface area contributed by atoms with Crippen LogP contribution in [0.4, 0.5) is 0 Å². The molecule has 0 aliphatic heterocycles. The molecule has 5 rings (SSSR count). The second-order valence-corrected chi connectivity index (χ2v) is 10.5. The molecule has 1 aromatic carbocycles. The quantitative estimate of drug-likeness (QED) is 0.527. The van der Waals surface area contributed by atoms with Gasteiger partial charge < -0.3 is 15.7 Å². The van der Waals surface area contributed by atoms with E-state index in [1.165, 1.54) is 38.5 Å². The monoisotopic (exact) mass is 418 g/mol. The van der Waals surface area contributed by atoms with E-state index in [1.807, 2.05) is 25.1 Å². The summed E-state index contributed by atoms with van der Waals surface area (Å²) in [5.74, 6) is 2.66. The predicted molar refractivity (Wildman–Crippen MR) is 117 cm³/mol. The number of carbonyl (C=O) groups is 1. The molecule has 4 saturated carbocycles. The second-order valence-electron chi connectivity index (χ2n) is 10.1. The Morgan fingerprint density at radius 3 is 2.48 bits per heavy atom. The van der Waals surface area contributed by atoms with E-state index in [-0.39, 0.29) is 18.6 Å². The summed E-state index contributed by atoms with van der Waals surface area (Å²) in [7, 11) is 0. The molecule has 0 unspecified atom stereocenters. The standard InChI is InChI=1S/C24H35ClN2O2/c1-16(14-28)26-6-2-3-17-4-5-22(25)21(10-17)23(29)27-15-24-11-18-7-19(12-24)9-20(8-18)13-24/h4-5,10,16,18-20,26,28H,2-3,6-9,11-15H2,1H3,(H,27,29)/t16-,18?,19?,20?,24?/m1/s1. The molecule has 5 heteroatoms. The first-order chi connectivity index (χ1) is 14.0. The molecule has 4 aliphatic rings. The molecule has 3 N–H and O–H groups in total. The molecular formula is C24H35ClN2O2. The molecule has 4 aliphatic carbocycles. The van der Waals surface area contributed by atoms with Crippen LogP contribution in [0.3, 0.4) is 0 Å². The fourth-order valence-corrected chi connectivity index (χ4v) is 6.68. The number of nitrogens with one attached hydrogen (secondary N) is 2. The Bertz CT molecular complexity index is 700. The molecule has 0 saturated heterocycles. The van der Waals surface area contributed by atoms with E-state index >= 15 is 0 Å². The largest absolute Gasteiger partial charge is 0.395 e. The maximum absolute atomic E-state index is 12.9. The lowest BCUT2D eigenvalue weighted by atomic mass is 9.49. The maximum atomic E-state index is 12.9. The van der Waals surface area contributed by atoms with Crippen molar-refractivity contribution in [3.63, 3.8) is 0 Å². The topological polar surface area (TPSA) is 61.4 Å². The zero-order chi connectivity index (χ0) is 20.4. The molecule has 4 bridgehead atoms. The maximum Gasteiger partial charge on any atom is 0.252 e. The molecule has 0 spiro atoms. The molecular weight excluding hydrogens is 384 g/mol. The van der Waals surface area contributed by atoms with E-state index in [0.717, 1.165) is 49.2 Å². The van der Waals surface area contributed by atoms with Gasteiger partial charge in [-0.25, -0.2) is 0 Å². The number of rotatable bonds is 9. The van der Waals surface area contributed by atoms with Crippen molar-refractivity contribution in [2.75, 3.05) is 19.7 Å². The highest BCUT2D eigenvalue weighted by atomic mass is 35.5. The number of aliphatic hydroxyl groups is 1. The molecule has 4 nitrogen and oxygen atoms in total. The smallest absolute Gasteiger partial charge is 0.252 e. The van der Waals surface area contributed by atoms with E-state index in [0.29, 0.717) is 16.0 Å². The Hall–Kier alpha value is -1.10. The molecule has 29 heavy (non-hydrogen) atoms. The van der Waals surface area contributed by atoms with Gasteiger partial charge in [0.15, 0.2) is 0 Å². The average Bonchev–Trinajstić information content (AvgIpc) is 2.69. The first kappa shape index (κ1) is 21.1. The normalized spacial score (nSPS) is 31.1. The van der Waals surface area contributed by atoms with E-state index in [9.17, 15) is 4.79 Å². The molecule has 1 atom stereocenters. The minimum absolute atomic E-state index is 0.0281. The van der Waals surface area contributed by atoms with Crippen LogP contribution < -0.4 is 10.6 Å². The zero-order valence-corrected chi connectivity index (χ0v) is 18.3. The number of aryl methyl sites for hydroxylation is 1. The number of benzene rings is 1. The number of amides is 1.